The summed E-state index contributed by atoms with van der Waals surface area (Å²) >= 11 is 0. The van der Waals surface area contributed by atoms with Gasteiger partial charge in [-0.2, -0.15) is 13.2 Å². The van der Waals surface area contributed by atoms with Crippen LogP contribution >= 0.6 is 0 Å². The number of carbonyl (C=O) groups excluding carboxylic acids is 1. The highest BCUT2D eigenvalue weighted by Crippen LogP contribution is 2.32. The molecule has 0 aliphatic heterocycles. The molecule has 0 spiro atoms. The molecule has 2 heterocycles. The predicted molar refractivity (Wildman–Crippen MR) is 70.2 cm³/mol. The number of carbonyl (C=O) groups is 1. The topological polar surface area (TPSA) is 73.0 Å². The highest BCUT2D eigenvalue weighted by molar-refractivity contribution is 5.95. The summed E-state index contributed by atoms with van der Waals surface area (Å²) in [4.78, 5) is 11.8. The van der Waals surface area contributed by atoms with Crippen molar-refractivity contribution in [3.63, 3.8) is 0 Å². The Bertz CT molecular complexity index is 646. The minimum absolute atomic E-state index is 0.152. The number of hydrogen-bond donors (Lipinski definition) is 1. The number of nitrogens with zero attached hydrogens (tertiary/aromatic N) is 3. The van der Waals surface area contributed by atoms with Crippen molar-refractivity contribution in [3.05, 3.63) is 35.8 Å². The van der Waals surface area contributed by atoms with Crippen LogP contribution in [0.4, 0.5) is 13.2 Å². The Hall–Kier alpha value is -2.32. The van der Waals surface area contributed by atoms with Crippen LogP contribution in [-0.2, 0) is 12.7 Å². The molecule has 0 saturated carbocycles. The summed E-state index contributed by atoms with van der Waals surface area (Å²) in [6.45, 7) is 4.41. The molecule has 1 amide bonds. The zero-order valence-corrected chi connectivity index (χ0v) is 12.0. The molecule has 120 valence electrons. The molecule has 0 saturated heterocycles. The summed E-state index contributed by atoms with van der Waals surface area (Å²) in [5.41, 5.74) is -0.527. The number of halogens is 3. The van der Waals surface area contributed by atoms with Gasteiger partial charge in [-0.1, -0.05) is 13.8 Å². The van der Waals surface area contributed by atoms with E-state index >= 15 is 0 Å². The third-order valence-electron chi connectivity index (χ3n) is 2.97. The van der Waals surface area contributed by atoms with Gasteiger partial charge in [-0.05, 0) is 6.07 Å². The van der Waals surface area contributed by atoms with E-state index in [0.29, 0.717) is 6.54 Å². The van der Waals surface area contributed by atoms with Gasteiger partial charge >= 0.3 is 6.18 Å². The molecule has 0 atom stereocenters. The van der Waals surface area contributed by atoms with Crippen LogP contribution in [0.1, 0.15) is 41.7 Å². The van der Waals surface area contributed by atoms with Gasteiger partial charge in [0.25, 0.3) is 5.91 Å². The maximum atomic E-state index is 12.6. The van der Waals surface area contributed by atoms with E-state index in [9.17, 15) is 18.0 Å². The molecule has 0 aromatic carbocycles. The number of alkyl halides is 3. The second-order valence-electron chi connectivity index (χ2n) is 4.95. The number of rotatable bonds is 5. The molecule has 9 heteroatoms. The van der Waals surface area contributed by atoms with Gasteiger partial charge in [0.2, 0.25) is 5.76 Å². The molecule has 0 aliphatic rings. The van der Waals surface area contributed by atoms with E-state index < -0.39 is 23.4 Å². The van der Waals surface area contributed by atoms with Gasteiger partial charge in [0.15, 0.2) is 0 Å². The number of nitrogens with one attached hydrogen (secondary N) is 1. The van der Waals surface area contributed by atoms with Gasteiger partial charge in [0, 0.05) is 19.0 Å². The zero-order valence-electron chi connectivity index (χ0n) is 12.0. The minimum Gasteiger partial charge on any atom is -0.459 e. The van der Waals surface area contributed by atoms with Crippen LogP contribution in [0, 0.1) is 0 Å². The highest BCUT2D eigenvalue weighted by Gasteiger charge is 2.39. The van der Waals surface area contributed by atoms with Crippen molar-refractivity contribution in [1.82, 2.24) is 20.1 Å². The first-order chi connectivity index (χ1) is 10.3. The monoisotopic (exact) mass is 316 g/mol. The lowest BCUT2D eigenvalue weighted by atomic mass is 10.2. The third-order valence-corrected chi connectivity index (χ3v) is 2.97. The average molecular weight is 316 g/mol. The molecule has 0 fully saturated rings. The molecule has 0 unspecified atom stereocenters. The van der Waals surface area contributed by atoms with Crippen LogP contribution in [0.15, 0.2) is 23.1 Å². The van der Waals surface area contributed by atoms with E-state index in [1.54, 1.807) is 4.57 Å². The average Bonchev–Trinajstić information content (AvgIpc) is 3.06. The second kappa shape index (κ2) is 6.20. The van der Waals surface area contributed by atoms with Crippen LogP contribution in [-0.4, -0.2) is 27.2 Å². The standard InChI is InChI=1S/C13H15F3N4O2/c1-8(2)11-19-18-7-20(11)5-4-17-12(21)9-3-6-22-10(9)13(14,15)16/h3,6-8H,4-5H2,1-2H3,(H,17,21). The fraction of sp³-hybridized carbons (Fsp3) is 0.462. The summed E-state index contributed by atoms with van der Waals surface area (Å²) in [6, 6.07) is 0.997. The smallest absolute Gasteiger partial charge is 0.450 e. The van der Waals surface area contributed by atoms with Crippen LogP contribution in [0.3, 0.4) is 0 Å². The lowest BCUT2D eigenvalue weighted by Crippen LogP contribution is -2.29. The first kappa shape index (κ1) is 16.1. The molecule has 0 radical (unpaired) electrons. The van der Waals surface area contributed by atoms with Crippen LogP contribution in [0.2, 0.25) is 0 Å². The number of furan rings is 1. The van der Waals surface area contributed by atoms with Crippen LogP contribution in [0.5, 0.6) is 0 Å². The van der Waals surface area contributed by atoms with Gasteiger partial charge in [0.1, 0.15) is 12.2 Å². The maximum absolute atomic E-state index is 12.6. The van der Waals surface area contributed by atoms with Crippen LogP contribution in [0.25, 0.3) is 0 Å². The Labute approximate surface area is 124 Å². The van der Waals surface area contributed by atoms with Crippen molar-refractivity contribution in [2.75, 3.05) is 6.54 Å². The van der Waals surface area contributed by atoms with Crippen molar-refractivity contribution >= 4 is 5.91 Å². The van der Waals surface area contributed by atoms with Crippen molar-refractivity contribution in [3.8, 4) is 0 Å². The molecule has 2 rings (SSSR count). The van der Waals surface area contributed by atoms with Crippen molar-refractivity contribution < 1.29 is 22.4 Å². The Morgan fingerprint density at radius 1 is 1.45 bits per heavy atom. The van der Waals surface area contributed by atoms with E-state index in [1.807, 2.05) is 13.8 Å². The van der Waals surface area contributed by atoms with Gasteiger partial charge in [0.05, 0.1) is 11.8 Å². The number of aromatic nitrogens is 3. The van der Waals surface area contributed by atoms with Gasteiger partial charge in [-0.25, -0.2) is 0 Å². The molecule has 0 aliphatic carbocycles. The largest absolute Gasteiger partial charge is 0.459 e. The fourth-order valence-corrected chi connectivity index (χ4v) is 1.98. The first-order valence-electron chi connectivity index (χ1n) is 6.61. The Balaban J connectivity index is 1.97. The first-order valence-corrected chi connectivity index (χ1v) is 6.61. The lowest BCUT2D eigenvalue weighted by molar-refractivity contribution is -0.153. The number of amides is 1. The normalized spacial score (nSPS) is 11.9. The predicted octanol–water partition coefficient (Wildman–Crippen LogP) is 2.44. The summed E-state index contributed by atoms with van der Waals surface area (Å²) in [5.74, 6) is -1.23. The Morgan fingerprint density at radius 3 is 2.82 bits per heavy atom. The second-order valence-corrected chi connectivity index (χ2v) is 4.95. The fourth-order valence-electron chi connectivity index (χ4n) is 1.98. The summed E-state index contributed by atoms with van der Waals surface area (Å²) in [6.07, 6.45) is -2.34. The third kappa shape index (κ3) is 3.46. The molecular formula is C13H15F3N4O2. The molecule has 6 nitrogen and oxygen atoms in total. The van der Waals surface area contributed by atoms with E-state index in [2.05, 4.69) is 19.9 Å². The molecular weight excluding hydrogens is 301 g/mol. The Kier molecular flexibility index (Phi) is 4.53. The van der Waals surface area contributed by atoms with Crippen molar-refractivity contribution in [2.24, 2.45) is 0 Å². The molecule has 0 bridgehead atoms. The molecule has 2 aromatic heterocycles. The van der Waals surface area contributed by atoms with Crippen molar-refractivity contribution in [2.45, 2.75) is 32.5 Å². The minimum atomic E-state index is -4.70. The van der Waals surface area contributed by atoms with Gasteiger partial charge in [-0.3, -0.25) is 4.79 Å². The maximum Gasteiger partial charge on any atom is 0.450 e. The lowest BCUT2D eigenvalue weighted by Gasteiger charge is -2.10. The van der Waals surface area contributed by atoms with E-state index in [0.717, 1.165) is 18.2 Å². The summed E-state index contributed by atoms with van der Waals surface area (Å²) in [7, 11) is 0. The molecule has 22 heavy (non-hydrogen) atoms. The van der Waals surface area contributed by atoms with E-state index in [1.165, 1.54) is 6.33 Å². The summed E-state index contributed by atoms with van der Waals surface area (Å²) < 4.78 is 44.0. The van der Waals surface area contributed by atoms with E-state index in [-0.39, 0.29) is 12.5 Å². The van der Waals surface area contributed by atoms with E-state index in [4.69, 9.17) is 0 Å². The Morgan fingerprint density at radius 2 is 2.18 bits per heavy atom. The van der Waals surface area contributed by atoms with Crippen molar-refractivity contribution in [1.29, 1.82) is 0 Å². The number of hydrogen-bond acceptors (Lipinski definition) is 4. The zero-order chi connectivity index (χ0) is 16.3. The quantitative estimate of drug-likeness (QED) is 0.919. The SMILES string of the molecule is CC(C)c1nncn1CCNC(=O)c1ccoc1C(F)(F)F. The van der Waals surface area contributed by atoms with Gasteiger partial charge < -0.3 is 14.3 Å². The highest BCUT2D eigenvalue weighted by atomic mass is 19.4. The van der Waals surface area contributed by atoms with Crippen LogP contribution < -0.4 is 5.32 Å². The molecule has 2 aromatic rings. The summed E-state index contributed by atoms with van der Waals surface area (Å²) in [5, 5.41) is 10.1. The van der Waals surface area contributed by atoms with Gasteiger partial charge in [-0.15, -0.1) is 10.2 Å². The molecule has 1 N–H and O–H groups in total.